The zero-order valence-electron chi connectivity index (χ0n) is 20.6. The number of fused-ring (bicyclic) bond motifs is 2. The van der Waals surface area contributed by atoms with Crippen molar-refractivity contribution in [2.24, 2.45) is 0 Å². The van der Waals surface area contributed by atoms with Crippen molar-refractivity contribution in [2.75, 3.05) is 6.61 Å². The molecular weight excluding hydrogens is 630 g/mol. The number of carbonyl (C=O) groups is 3. The Morgan fingerprint density at radius 2 is 1.51 bits per heavy atom. The number of phenolic OH excluding ortho intramolecular Hbond substituents is 2. The van der Waals surface area contributed by atoms with E-state index in [1.165, 1.54) is 29.8 Å². The number of ether oxygens (including phenoxy) is 1. The summed E-state index contributed by atoms with van der Waals surface area (Å²) in [6, 6.07) is 18.8. The fourth-order valence-electron chi connectivity index (χ4n) is 4.49. The number of aromatic hydroxyl groups is 2. The molecule has 2 N–H and O–H groups in total. The van der Waals surface area contributed by atoms with Crippen LogP contribution in [0.15, 0.2) is 83.6 Å². The third kappa shape index (κ3) is 5.94. The zero-order valence-corrected chi connectivity index (χ0v) is 23.7. The predicted octanol–water partition coefficient (Wildman–Crippen LogP) is 1.77. The van der Waals surface area contributed by atoms with Crippen LogP contribution in [0.3, 0.4) is 0 Å². The van der Waals surface area contributed by atoms with E-state index in [9.17, 15) is 24.6 Å². The zero-order chi connectivity index (χ0) is 26.8. The molecule has 9 heteroatoms. The maximum absolute atomic E-state index is 13.0. The maximum Gasteiger partial charge on any atom is 0.338 e. The van der Waals surface area contributed by atoms with E-state index in [1.807, 2.05) is 36.7 Å². The summed E-state index contributed by atoms with van der Waals surface area (Å²) in [5.74, 6) is -2.79. The summed E-state index contributed by atoms with van der Waals surface area (Å²) in [5, 5.41) is 20.5. The number of rotatable bonds is 7. The van der Waals surface area contributed by atoms with Gasteiger partial charge in [0.2, 0.25) is 5.78 Å². The molecule has 0 aliphatic heterocycles. The van der Waals surface area contributed by atoms with E-state index in [-0.39, 0.29) is 57.2 Å². The molecule has 0 amide bonds. The maximum atomic E-state index is 13.0. The van der Waals surface area contributed by atoms with Gasteiger partial charge in [-0.3, -0.25) is 9.59 Å². The molecule has 0 radical (unpaired) electrons. The number of hydrogen-bond acceptors (Lipinski definition) is 6. The standard InChI is InChI=1S/C30H22BrNO6.BrH/c31-21-8-6-19(7-9-21)17-32-12-10-18(11-13-32)3-2-14-38-30(37)20-15-23-27(25(34)16-20)29(36)26-22(28(23)35)4-1-5-24(26)33;/h1,4-13,15-16H,2-3,14,17H2,(H-,33,34,36);1H. The van der Waals surface area contributed by atoms with Crippen LogP contribution in [0.2, 0.25) is 0 Å². The number of carbonyl (C=O) groups excluding carboxylic acids is 3. The smallest absolute Gasteiger partial charge is 0.338 e. The fraction of sp³-hybridized carbons (Fsp3) is 0.133. The van der Waals surface area contributed by atoms with Gasteiger partial charge in [0.25, 0.3) is 0 Å². The van der Waals surface area contributed by atoms with Crippen LogP contribution >= 0.6 is 15.9 Å². The first kappa shape index (κ1) is 28.2. The van der Waals surface area contributed by atoms with Gasteiger partial charge in [-0.2, -0.15) is 0 Å². The number of benzene rings is 3. The summed E-state index contributed by atoms with van der Waals surface area (Å²) in [4.78, 5) is 38.5. The molecule has 1 heterocycles. The minimum absolute atomic E-state index is 0. The van der Waals surface area contributed by atoms with Gasteiger partial charge in [-0.05, 0) is 48.7 Å². The van der Waals surface area contributed by atoms with Crippen molar-refractivity contribution in [1.29, 1.82) is 0 Å². The van der Waals surface area contributed by atoms with E-state index in [4.69, 9.17) is 4.74 Å². The van der Waals surface area contributed by atoms with Crippen molar-refractivity contribution in [2.45, 2.75) is 19.4 Å². The quantitative estimate of drug-likeness (QED) is 0.158. The van der Waals surface area contributed by atoms with Crippen LogP contribution in [0.5, 0.6) is 11.5 Å². The number of aromatic nitrogens is 1. The van der Waals surface area contributed by atoms with Crippen molar-refractivity contribution in [3.05, 3.63) is 123 Å². The Morgan fingerprint density at radius 3 is 2.23 bits per heavy atom. The third-order valence-corrected chi connectivity index (χ3v) is 6.95. The molecule has 4 aromatic rings. The Hall–Kier alpha value is -3.82. The van der Waals surface area contributed by atoms with Gasteiger partial charge in [-0.15, -0.1) is 0 Å². The lowest BCUT2D eigenvalue weighted by Gasteiger charge is -2.19. The molecular formula is C30H23Br2NO6. The highest BCUT2D eigenvalue weighted by Gasteiger charge is 2.35. The number of halogens is 2. The fourth-order valence-corrected chi connectivity index (χ4v) is 4.75. The molecule has 1 aliphatic carbocycles. The van der Waals surface area contributed by atoms with Crippen LogP contribution in [0.1, 0.15) is 59.7 Å². The Balaban J connectivity index is 0.00000353. The lowest BCUT2D eigenvalue weighted by atomic mass is 9.82. The van der Waals surface area contributed by atoms with E-state index in [0.29, 0.717) is 12.8 Å². The average molecular weight is 653 g/mol. The molecule has 198 valence electrons. The Labute approximate surface area is 243 Å². The second-order valence-electron chi connectivity index (χ2n) is 9.02. The summed E-state index contributed by atoms with van der Waals surface area (Å²) < 4.78 is 8.49. The monoisotopic (exact) mass is 651 g/mol. The topological polar surface area (TPSA) is 105 Å². The predicted molar refractivity (Wildman–Crippen MR) is 142 cm³/mol. The molecule has 7 nitrogen and oxygen atoms in total. The Kier molecular flexibility index (Phi) is 8.62. The van der Waals surface area contributed by atoms with Crippen LogP contribution in [0.4, 0.5) is 0 Å². The summed E-state index contributed by atoms with van der Waals surface area (Å²) >= 11 is 3.44. The van der Waals surface area contributed by atoms with Gasteiger partial charge in [-0.1, -0.05) is 40.2 Å². The molecule has 0 bridgehead atoms. The lowest BCUT2D eigenvalue weighted by Crippen LogP contribution is -3.00. The van der Waals surface area contributed by atoms with Gasteiger partial charge in [0.1, 0.15) is 11.5 Å². The molecule has 0 saturated carbocycles. The van der Waals surface area contributed by atoms with Crippen molar-refractivity contribution in [3.8, 4) is 11.5 Å². The summed E-state index contributed by atoms with van der Waals surface area (Å²) in [6.07, 6.45) is 5.31. The van der Waals surface area contributed by atoms with Gasteiger partial charge in [0, 0.05) is 33.3 Å². The van der Waals surface area contributed by atoms with Crippen LogP contribution < -0.4 is 21.5 Å². The van der Waals surface area contributed by atoms with Crippen LogP contribution in [0, 0.1) is 0 Å². The number of ketones is 2. The summed E-state index contributed by atoms with van der Waals surface area (Å²) in [5.41, 5.74) is 1.80. The van der Waals surface area contributed by atoms with E-state index < -0.39 is 23.3 Å². The lowest BCUT2D eigenvalue weighted by molar-refractivity contribution is -0.688. The molecule has 0 saturated heterocycles. The van der Waals surface area contributed by atoms with E-state index >= 15 is 0 Å². The minimum Gasteiger partial charge on any atom is -1.00 e. The van der Waals surface area contributed by atoms with Crippen LogP contribution in [-0.4, -0.2) is 34.4 Å². The summed E-state index contributed by atoms with van der Waals surface area (Å²) in [6.45, 7) is 0.910. The minimum atomic E-state index is -0.703. The summed E-state index contributed by atoms with van der Waals surface area (Å²) in [7, 11) is 0. The van der Waals surface area contributed by atoms with E-state index in [0.717, 1.165) is 22.6 Å². The van der Waals surface area contributed by atoms with Gasteiger partial charge in [0.05, 0.1) is 23.3 Å². The first-order chi connectivity index (χ1) is 18.3. The van der Waals surface area contributed by atoms with Crippen molar-refractivity contribution < 1.29 is 50.9 Å². The first-order valence-electron chi connectivity index (χ1n) is 12.0. The molecule has 1 aromatic heterocycles. The Morgan fingerprint density at radius 1 is 0.821 bits per heavy atom. The Bertz CT molecular complexity index is 1570. The molecule has 1 aliphatic rings. The molecule has 0 atom stereocenters. The van der Waals surface area contributed by atoms with Gasteiger partial charge in [0.15, 0.2) is 24.7 Å². The molecule has 3 aromatic carbocycles. The molecule has 0 unspecified atom stereocenters. The normalized spacial score (nSPS) is 11.8. The van der Waals surface area contributed by atoms with Gasteiger partial charge < -0.3 is 31.9 Å². The molecule has 5 rings (SSSR count). The highest BCUT2D eigenvalue weighted by atomic mass is 79.9. The first-order valence-corrected chi connectivity index (χ1v) is 12.8. The molecule has 0 fully saturated rings. The largest absolute Gasteiger partial charge is 1.00 e. The van der Waals surface area contributed by atoms with Crippen LogP contribution in [0.25, 0.3) is 0 Å². The molecule has 39 heavy (non-hydrogen) atoms. The van der Waals surface area contributed by atoms with E-state index in [1.54, 1.807) is 0 Å². The number of phenols is 2. The number of aryl methyl sites for hydroxylation is 1. The van der Waals surface area contributed by atoms with Gasteiger partial charge >= 0.3 is 5.97 Å². The van der Waals surface area contributed by atoms with Crippen LogP contribution in [-0.2, 0) is 17.7 Å². The highest BCUT2D eigenvalue weighted by molar-refractivity contribution is 9.10. The van der Waals surface area contributed by atoms with Crippen molar-refractivity contribution in [3.63, 3.8) is 0 Å². The second kappa shape index (κ2) is 11.9. The number of nitrogens with zero attached hydrogens (tertiary/aromatic N) is 1. The van der Waals surface area contributed by atoms with Crippen molar-refractivity contribution in [1.82, 2.24) is 0 Å². The number of hydrogen-bond donors (Lipinski definition) is 2. The molecule has 0 spiro atoms. The van der Waals surface area contributed by atoms with Crippen molar-refractivity contribution >= 4 is 33.5 Å². The highest BCUT2D eigenvalue weighted by Crippen LogP contribution is 2.37. The van der Waals surface area contributed by atoms with Gasteiger partial charge in [-0.25, -0.2) is 9.36 Å². The second-order valence-corrected chi connectivity index (χ2v) is 9.94. The average Bonchev–Trinajstić information content (AvgIpc) is 2.91. The third-order valence-electron chi connectivity index (χ3n) is 6.42. The SMILES string of the molecule is O=C(OCCCc1cc[n+](Cc2ccc(Br)cc2)cc1)c1cc(O)c2c(c1)C(=O)c1cccc(O)c1C2=O.[Br-]. The number of pyridine rings is 1. The van der Waals surface area contributed by atoms with E-state index in [2.05, 4.69) is 32.6 Å². The number of esters is 1.